The molecule has 1 rings (SSSR count). The normalized spacial score (nSPS) is 27.6. The summed E-state index contributed by atoms with van der Waals surface area (Å²) in [6, 6.07) is -0.494. The highest BCUT2D eigenvalue weighted by Crippen LogP contribution is 2.14. The number of hydrogen-bond donors (Lipinski definition) is 1. The van der Waals surface area contributed by atoms with E-state index in [9.17, 15) is 9.59 Å². The highest BCUT2D eigenvalue weighted by molar-refractivity contribution is 5.95. The van der Waals surface area contributed by atoms with Gasteiger partial charge in [-0.25, -0.2) is 9.69 Å². The van der Waals surface area contributed by atoms with E-state index in [1.807, 2.05) is 0 Å². The molecule has 0 aromatic carbocycles. The molecule has 0 aromatic rings. The van der Waals surface area contributed by atoms with E-state index in [-0.39, 0.29) is 5.91 Å². The maximum Gasteiger partial charge on any atom is 0.328 e. The van der Waals surface area contributed by atoms with E-state index in [0.29, 0.717) is 0 Å². The van der Waals surface area contributed by atoms with E-state index in [4.69, 9.17) is 9.47 Å². The second-order valence-corrected chi connectivity index (χ2v) is 2.62. The number of carbonyl (C=O) groups excluding carboxylic acids is 2. The number of methoxy groups -OCH3 is 2. The molecule has 0 aliphatic carbocycles. The highest BCUT2D eigenvalue weighted by atomic mass is 16.6. The van der Waals surface area contributed by atoms with E-state index in [1.165, 1.54) is 21.1 Å². The molecule has 1 aliphatic heterocycles. The molecule has 1 aliphatic rings. The average molecular weight is 188 g/mol. The topological polar surface area (TPSA) is 67.9 Å². The van der Waals surface area contributed by atoms with Crippen molar-refractivity contribution in [1.82, 2.24) is 10.2 Å². The van der Waals surface area contributed by atoms with Crippen LogP contribution in [0.1, 0.15) is 6.92 Å². The Hall–Kier alpha value is -1.14. The molecular weight excluding hydrogens is 176 g/mol. The number of hydrogen-bond acceptors (Lipinski definition) is 4. The van der Waals surface area contributed by atoms with Crippen LogP contribution in [0.5, 0.6) is 0 Å². The molecule has 0 spiro atoms. The predicted molar refractivity (Wildman–Crippen MR) is 42.6 cm³/mol. The van der Waals surface area contributed by atoms with E-state index in [0.717, 1.165) is 4.90 Å². The predicted octanol–water partition coefficient (Wildman–Crippen LogP) is -0.497. The first-order valence-electron chi connectivity index (χ1n) is 3.77. The Labute approximate surface area is 75.8 Å². The van der Waals surface area contributed by atoms with Crippen LogP contribution in [0.4, 0.5) is 4.79 Å². The van der Waals surface area contributed by atoms with Gasteiger partial charge in [-0.3, -0.25) is 4.79 Å². The minimum Gasteiger partial charge on any atom is -0.357 e. The van der Waals surface area contributed by atoms with Gasteiger partial charge in [-0.1, -0.05) is 0 Å². The Morgan fingerprint density at radius 2 is 2.08 bits per heavy atom. The molecule has 0 saturated carbocycles. The van der Waals surface area contributed by atoms with Gasteiger partial charge in [-0.05, 0) is 0 Å². The number of amides is 3. The molecule has 1 N–H and O–H groups in total. The zero-order valence-corrected chi connectivity index (χ0v) is 7.73. The smallest absolute Gasteiger partial charge is 0.328 e. The quantitative estimate of drug-likeness (QED) is 0.634. The minimum atomic E-state index is -0.685. The summed E-state index contributed by atoms with van der Waals surface area (Å²) in [4.78, 5) is 23.2. The first-order chi connectivity index (χ1) is 6.11. The summed E-state index contributed by atoms with van der Waals surface area (Å²) >= 11 is 0. The van der Waals surface area contributed by atoms with Crippen LogP contribution in [0.15, 0.2) is 0 Å². The third-order valence-corrected chi connectivity index (χ3v) is 1.83. The number of ether oxygens (including phenoxy) is 2. The van der Waals surface area contributed by atoms with Crippen molar-refractivity contribution in [2.45, 2.75) is 19.4 Å². The van der Waals surface area contributed by atoms with Crippen LogP contribution < -0.4 is 5.32 Å². The number of carbonyl (C=O) groups is 2. The van der Waals surface area contributed by atoms with Gasteiger partial charge in [0.1, 0.15) is 0 Å². The molecule has 6 heteroatoms. The average Bonchev–Trinajstić information content (AvgIpc) is 2.41. The molecule has 2 atom stereocenters. The lowest BCUT2D eigenvalue weighted by atomic mass is 10.4. The van der Waals surface area contributed by atoms with Crippen LogP contribution in [0.2, 0.25) is 0 Å². The maximum absolute atomic E-state index is 11.2. The first kappa shape index (κ1) is 9.94. The lowest BCUT2D eigenvalue weighted by Crippen LogP contribution is -2.41. The van der Waals surface area contributed by atoms with Gasteiger partial charge in [0, 0.05) is 21.1 Å². The maximum atomic E-state index is 11.2. The lowest BCUT2D eigenvalue weighted by molar-refractivity contribution is -0.140. The van der Waals surface area contributed by atoms with Gasteiger partial charge in [0.2, 0.25) is 5.91 Å². The zero-order chi connectivity index (χ0) is 10.0. The van der Waals surface area contributed by atoms with E-state index in [1.54, 1.807) is 0 Å². The second-order valence-electron chi connectivity index (χ2n) is 2.62. The van der Waals surface area contributed by atoms with Gasteiger partial charge < -0.3 is 14.8 Å². The van der Waals surface area contributed by atoms with Gasteiger partial charge in [0.25, 0.3) is 0 Å². The van der Waals surface area contributed by atoms with Crippen molar-refractivity contribution in [2.24, 2.45) is 0 Å². The first-order valence-corrected chi connectivity index (χ1v) is 3.77. The van der Waals surface area contributed by atoms with Crippen molar-refractivity contribution >= 4 is 11.9 Å². The molecule has 0 aromatic heterocycles. The van der Waals surface area contributed by atoms with E-state index in [2.05, 4.69) is 5.32 Å². The van der Waals surface area contributed by atoms with Crippen LogP contribution in [-0.4, -0.2) is 43.5 Å². The standard InChI is InChI=1S/C7H12N2O4/c1-4(10)9-6(13-3)5(12-2)8-7(9)11/h5-6H,1-3H3,(H,8,11)/t5-,6-/m1/s1. The second kappa shape index (κ2) is 3.71. The van der Waals surface area contributed by atoms with Gasteiger partial charge >= 0.3 is 6.03 Å². The number of urea groups is 1. The molecule has 1 heterocycles. The molecule has 1 saturated heterocycles. The highest BCUT2D eigenvalue weighted by Gasteiger charge is 2.42. The van der Waals surface area contributed by atoms with Crippen LogP contribution >= 0.6 is 0 Å². The van der Waals surface area contributed by atoms with Crippen molar-refractivity contribution in [3.63, 3.8) is 0 Å². The minimum absolute atomic E-state index is 0.371. The van der Waals surface area contributed by atoms with Crippen LogP contribution in [0.3, 0.4) is 0 Å². The third-order valence-electron chi connectivity index (χ3n) is 1.83. The fourth-order valence-electron chi connectivity index (χ4n) is 1.24. The number of nitrogens with one attached hydrogen (secondary N) is 1. The summed E-state index contributed by atoms with van der Waals surface area (Å²) < 4.78 is 9.87. The molecule has 3 amide bonds. The van der Waals surface area contributed by atoms with E-state index < -0.39 is 18.5 Å². The Balaban J connectivity index is 2.82. The summed E-state index contributed by atoms with van der Waals surface area (Å²) in [6.45, 7) is 1.30. The van der Waals surface area contributed by atoms with Crippen LogP contribution in [0, 0.1) is 0 Å². The van der Waals surface area contributed by atoms with Crippen LogP contribution in [0.25, 0.3) is 0 Å². The summed E-state index contributed by atoms with van der Waals surface area (Å²) in [7, 11) is 2.84. The SMILES string of the molecule is CO[C@H]1NC(=O)N(C(C)=O)[C@@H]1OC. The summed E-state index contributed by atoms with van der Waals surface area (Å²) in [6.07, 6.45) is -1.28. The van der Waals surface area contributed by atoms with Gasteiger partial charge in [-0.15, -0.1) is 0 Å². The summed E-state index contributed by atoms with van der Waals surface area (Å²) in [5.74, 6) is -0.371. The fraction of sp³-hybridized carbons (Fsp3) is 0.714. The number of rotatable bonds is 2. The summed E-state index contributed by atoms with van der Waals surface area (Å²) in [5.41, 5.74) is 0. The molecule has 74 valence electrons. The van der Waals surface area contributed by atoms with Crippen LogP contribution in [-0.2, 0) is 14.3 Å². The lowest BCUT2D eigenvalue weighted by Gasteiger charge is -2.20. The van der Waals surface area contributed by atoms with Crippen molar-refractivity contribution in [1.29, 1.82) is 0 Å². The molecular formula is C7H12N2O4. The number of imide groups is 1. The molecule has 6 nitrogen and oxygen atoms in total. The fourth-order valence-corrected chi connectivity index (χ4v) is 1.24. The molecule has 13 heavy (non-hydrogen) atoms. The van der Waals surface area contributed by atoms with Crippen molar-refractivity contribution < 1.29 is 19.1 Å². The Morgan fingerprint density at radius 3 is 2.46 bits per heavy atom. The van der Waals surface area contributed by atoms with Gasteiger partial charge in [0.15, 0.2) is 12.5 Å². The van der Waals surface area contributed by atoms with Gasteiger partial charge in [0.05, 0.1) is 0 Å². The molecule has 0 unspecified atom stereocenters. The largest absolute Gasteiger partial charge is 0.357 e. The Morgan fingerprint density at radius 1 is 1.46 bits per heavy atom. The molecule has 1 fully saturated rings. The molecule has 0 radical (unpaired) electrons. The van der Waals surface area contributed by atoms with Crippen molar-refractivity contribution in [3.05, 3.63) is 0 Å². The van der Waals surface area contributed by atoms with E-state index >= 15 is 0 Å². The molecule has 0 bridgehead atoms. The van der Waals surface area contributed by atoms with Crippen molar-refractivity contribution in [3.8, 4) is 0 Å². The monoisotopic (exact) mass is 188 g/mol. The zero-order valence-electron chi connectivity index (χ0n) is 7.73. The Bertz CT molecular complexity index is 231. The summed E-state index contributed by atoms with van der Waals surface area (Å²) in [5, 5.41) is 2.45. The Kier molecular flexibility index (Phi) is 2.84. The third kappa shape index (κ3) is 1.63. The number of nitrogens with zero attached hydrogens (tertiary/aromatic N) is 1. The van der Waals surface area contributed by atoms with Crippen molar-refractivity contribution in [2.75, 3.05) is 14.2 Å². The van der Waals surface area contributed by atoms with Gasteiger partial charge in [-0.2, -0.15) is 0 Å².